The van der Waals surface area contributed by atoms with Crippen LogP contribution in [0.3, 0.4) is 0 Å². The van der Waals surface area contributed by atoms with E-state index in [-0.39, 0.29) is 16.5 Å². The maximum Gasteiger partial charge on any atom is 0.276 e. The zero-order valence-corrected chi connectivity index (χ0v) is 17.5. The Labute approximate surface area is 175 Å². The first kappa shape index (κ1) is 19.9. The van der Waals surface area contributed by atoms with Crippen LogP contribution >= 0.6 is 0 Å². The van der Waals surface area contributed by atoms with Crippen molar-refractivity contribution in [2.75, 3.05) is 29.9 Å². The molecule has 1 aromatic heterocycles. The quantitative estimate of drug-likeness (QED) is 0.630. The summed E-state index contributed by atoms with van der Waals surface area (Å²) in [5.41, 5.74) is 2.53. The molecule has 0 saturated heterocycles. The number of anilines is 2. The summed E-state index contributed by atoms with van der Waals surface area (Å²) in [5, 5.41) is 0. The molecular formula is C22H21N3O4S. The van der Waals surface area contributed by atoms with Gasteiger partial charge in [-0.25, -0.2) is 8.42 Å². The zero-order valence-electron chi connectivity index (χ0n) is 16.6. The van der Waals surface area contributed by atoms with Gasteiger partial charge in [0.1, 0.15) is 11.4 Å². The van der Waals surface area contributed by atoms with Crippen LogP contribution in [0, 0.1) is 0 Å². The van der Waals surface area contributed by atoms with Crippen molar-refractivity contribution in [3.8, 4) is 5.75 Å². The summed E-state index contributed by atoms with van der Waals surface area (Å²) in [7, 11) is -0.832. The van der Waals surface area contributed by atoms with Gasteiger partial charge in [-0.3, -0.25) is 14.1 Å². The van der Waals surface area contributed by atoms with E-state index in [2.05, 4.69) is 4.98 Å². The van der Waals surface area contributed by atoms with E-state index >= 15 is 0 Å². The lowest BCUT2D eigenvalue weighted by Crippen LogP contribution is -2.30. The van der Waals surface area contributed by atoms with Crippen LogP contribution in [-0.4, -0.2) is 40.0 Å². The highest BCUT2D eigenvalue weighted by Crippen LogP contribution is 2.29. The minimum Gasteiger partial charge on any atom is -0.497 e. The van der Waals surface area contributed by atoms with Crippen molar-refractivity contribution in [1.82, 2.24) is 4.98 Å². The number of aromatic nitrogens is 1. The van der Waals surface area contributed by atoms with Crippen LogP contribution in [0.25, 0.3) is 0 Å². The van der Waals surface area contributed by atoms with Crippen molar-refractivity contribution in [3.63, 3.8) is 0 Å². The summed E-state index contributed by atoms with van der Waals surface area (Å²) in [6, 6.07) is 17.0. The Hall–Kier alpha value is -3.39. The van der Waals surface area contributed by atoms with E-state index < -0.39 is 10.0 Å². The highest BCUT2D eigenvalue weighted by Gasteiger charge is 2.27. The Morgan fingerprint density at radius 1 is 1.10 bits per heavy atom. The standard InChI is InChI=1S/C22H21N3O4S/c1-24(30(27,28)19-9-7-18(29-2)8-10-19)17-11-13-23-20(15-17)22(26)25-14-12-16-5-3-4-6-21(16)25/h3-11,13,15H,12,14H2,1-2H3. The number of hydrogen-bond acceptors (Lipinski definition) is 5. The van der Waals surface area contributed by atoms with Gasteiger partial charge in [0.2, 0.25) is 0 Å². The Kier molecular flexibility index (Phi) is 5.17. The van der Waals surface area contributed by atoms with E-state index in [1.807, 2.05) is 24.3 Å². The number of amides is 1. The number of ether oxygens (including phenoxy) is 1. The van der Waals surface area contributed by atoms with Crippen LogP contribution < -0.4 is 13.9 Å². The highest BCUT2D eigenvalue weighted by atomic mass is 32.2. The van der Waals surface area contributed by atoms with E-state index in [0.717, 1.165) is 22.0 Å². The van der Waals surface area contributed by atoms with Gasteiger partial charge in [-0.15, -0.1) is 0 Å². The number of fused-ring (bicyclic) bond motifs is 1. The highest BCUT2D eigenvalue weighted by molar-refractivity contribution is 7.92. The van der Waals surface area contributed by atoms with Gasteiger partial charge in [0.05, 0.1) is 17.7 Å². The molecule has 8 heteroatoms. The molecule has 1 aliphatic heterocycles. The van der Waals surface area contributed by atoms with E-state index in [0.29, 0.717) is 18.0 Å². The smallest absolute Gasteiger partial charge is 0.276 e. The van der Waals surface area contributed by atoms with Crippen LogP contribution in [0.15, 0.2) is 71.8 Å². The molecule has 4 rings (SSSR count). The molecule has 1 aliphatic rings. The number of rotatable bonds is 5. The van der Waals surface area contributed by atoms with Gasteiger partial charge in [-0.2, -0.15) is 0 Å². The van der Waals surface area contributed by atoms with E-state index in [9.17, 15) is 13.2 Å². The van der Waals surface area contributed by atoms with Gasteiger partial charge >= 0.3 is 0 Å². The summed E-state index contributed by atoms with van der Waals surface area (Å²) in [6.07, 6.45) is 2.23. The maximum atomic E-state index is 13.1. The molecule has 0 spiro atoms. The number of benzene rings is 2. The molecule has 2 aromatic carbocycles. The van der Waals surface area contributed by atoms with Gasteiger partial charge in [0.25, 0.3) is 15.9 Å². The second-order valence-corrected chi connectivity index (χ2v) is 8.85. The number of hydrogen-bond donors (Lipinski definition) is 0. The summed E-state index contributed by atoms with van der Waals surface area (Å²) in [5.74, 6) is 0.316. The Morgan fingerprint density at radius 2 is 1.83 bits per heavy atom. The van der Waals surface area contributed by atoms with Crippen molar-refractivity contribution in [1.29, 1.82) is 0 Å². The SMILES string of the molecule is COc1ccc(S(=O)(=O)N(C)c2ccnc(C(=O)N3CCc4ccccc43)c2)cc1. The fraction of sp³-hybridized carbons (Fsp3) is 0.182. The molecule has 0 unspecified atom stereocenters. The summed E-state index contributed by atoms with van der Waals surface area (Å²) in [6.45, 7) is 0.573. The number of pyridine rings is 1. The number of para-hydroxylation sites is 1. The Morgan fingerprint density at radius 3 is 2.57 bits per heavy atom. The Balaban J connectivity index is 1.62. The average Bonchev–Trinajstić information content (AvgIpc) is 3.22. The number of sulfonamides is 1. The van der Waals surface area contributed by atoms with E-state index in [4.69, 9.17) is 4.74 Å². The van der Waals surface area contributed by atoms with Crippen LogP contribution in [-0.2, 0) is 16.4 Å². The largest absolute Gasteiger partial charge is 0.497 e. The first-order valence-corrected chi connectivity index (χ1v) is 10.8. The third-order valence-electron chi connectivity index (χ3n) is 5.18. The van der Waals surface area contributed by atoms with Crippen LogP contribution in [0.5, 0.6) is 5.75 Å². The lowest BCUT2D eigenvalue weighted by atomic mass is 10.2. The molecule has 2 heterocycles. The topological polar surface area (TPSA) is 79.8 Å². The molecule has 0 fully saturated rings. The van der Waals surface area contributed by atoms with Gasteiger partial charge in [-0.1, -0.05) is 18.2 Å². The molecule has 0 N–H and O–H groups in total. The fourth-order valence-corrected chi connectivity index (χ4v) is 4.65. The molecule has 0 atom stereocenters. The van der Waals surface area contributed by atoms with Crippen molar-refractivity contribution < 1.29 is 17.9 Å². The molecule has 0 bridgehead atoms. The lowest BCUT2D eigenvalue weighted by Gasteiger charge is -2.21. The van der Waals surface area contributed by atoms with Crippen molar-refractivity contribution in [2.24, 2.45) is 0 Å². The average molecular weight is 423 g/mol. The first-order chi connectivity index (χ1) is 14.4. The monoisotopic (exact) mass is 423 g/mol. The predicted molar refractivity (Wildman–Crippen MR) is 115 cm³/mol. The predicted octanol–water partition coefficient (Wildman–Crippen LogP) is 3.12. The third-order valence-corrected chi connectivity index (χ3v) is 6.98. The lowest BCUT2D eigenvalue weighted by molar-refractivity contribution is 0.0984. The second-order valence-electron chi connectivity index (χ2n) is 6.88. The van der Waals surface area contributed by atoms with Crippen molar-refractivity contribution in [2.45, 2.75) is 11.3 Å². The molecule has 3 aromatic rings. The second kappa shape index (κ2) is 7.79. The van der Waals surface area contributed by atoms with Crippen molar-refractivity contribution in [3.05, 3.63) is 78.1 Å². The van der Waals surface area contributed by atoms with E-state index in [1.54, 1.807) is 23.1 Å². The molecule has 0 radical (unpaired) electrons. The van der Waals surface area contributed by atoms with Gasteiger partial charge < -0.3 is 9.64 Å². The van der Waals surface area contributed by atoms with Gasteiger partial charge in [0, 0.05) is 25.5 Å². The molecule has 0 aliphatic carbocycles. The normalized spacial score (nSPS) is 13.1. The number of carbonyl (C=O) groups is 1. The fourth-order valence-electron chi connectivity index (χ4n) is 3.46. The maximum absolute atomic E-state index is 13.1. The minimum atomic E-state index is -3.80. The molecule has 1 amide bonds. The first-order valence-electron chi connectivity index (χ1n) is 9.40. The number of methoxy groups -OCH3 is 1. The van der Waals surface area contributed by atoms with Gasteiger partial charge in [-0.05, 0) is 54.4 Å². The summed E-state index contributed by atoms with van der Waals surface area (Å²) in [4.78, 5) is 19.1. The molecule has 0 saturated carbocycles. The molecule has 154 valence electrons. The summed E-state index contributed by atoms with van der Waals surface area (Å²) >= 11 is 0. The molecule has 30 heavy (non-hydrogen) atoms. The minimum absolute atomic E-state index is 0.129. The third kappa shape index (κ3) is 3.50. The van der Waals surface area contributed by atoms with E-state index in [1.165, 1.54) is 38.6 Å². The Bertz CT molecular complexity index is 1190. The van der Waals surface area contributed by atoms with Crippen LogP contribution in [0.4, 0.5) is 11.4 Å². The van der Waals surface area contributed by atoms with Crippen LogP contribution in [0.1, 0.15) is 16.1 Å². The van der Waals surface area contributed by atoms with Crippen molar-refractivity contribution >= 4 is 27.3 Å². The van der Waals surface area contributed by atoms with Gasteiger partial charge in [0.15, 0.2) is 0 Å². The number of carbonyl (C=O) groups excluding carboxylic acids is 1. The molecular weight excluding hydrogens is 402 g/mol. The van der Waals surface area contributed by atoms with Crippen LogP contribution in [0.2, 0.25) is 0 Å². The molecule has 7 nitrogen and oxygen atoms in total. The summed E-state index contributed by atoms with van der Waals surface area (Å²) < 4.78 is 32.2. The number of nitrogens with zero attached hydrogens (tertiary/aromatic N) is 3. The zero-order chi connectivity index (χ0) is 21.3.